The average molecular weight is 247 g/mol. The van der Waals surface area contributed by atoms with E-state index in [9.17, 15) is 0 Å². The van der Waals surface area contributed by atoms with Gasteiger partial charge in [-0.25, -0.2) is 0 Å². The molecule has 0 aliphatic heterocycles. The van der Waals surface area contributed by atoms with E-state index in [1.807, 2.05) is 18.2 Å². The predicted octanol–water partition coefficient (Wildman–Crippen LogP) is 3.29. The van der Waals surface area contributed by atoms with Crippen molar-refractivity contribution in [2.45, 2.75) is 19.4 Å². The number of aryl methyl sites for hydroxylation is 1. The molecule has 2 N–H and O–H groups in total. The molecule has 0 saturated carbocycles. The second-order valence-electron chi connectivity index (χ2n) is 4.13. The van der Waals surface area contributed by atoms with E-state index in [2.05, 4.69) is 24.0 Å². The molecule has 2 rings (SSSR count). The SMILES string of the molecule is Cc1ccccc1CC(N)c1ccncc1Cl. The van der Waals surface area contributed by atoms with Crippen LogP contribution in [0.25, 0.3) is 0 Å². The molecular weight excluding hydrogens is 232 g/mol. The maximum absolute atomic E-state index is 6.18. The third kappa shape index (κ3) is 2.84. The van der Waals surface area contributed by atoms with Gasteiger partial charge in [-0.3, -0.25) is 4.98 Å². The van der Waals surface area contributed by atoms with Crippen LogP contribution in [0.2, 0.25) is 5.02 Å². The highest BCUT2D eigenvalue weighted by atomic mass is 35.5. The molecule has 1 aromatic heterocycles. The van der Waals surface area contributed by atoms with Gasteiger partial charge in [-0.15, -0.1) is 0 Å². The molecule has 2 aromatic rings. The molecule has 88 valence electrons. The standard InChI is InChI=1S/C14H15ClN2/c1-10-4-2-3-5-11(10)8-14(16)12-6-7-17-9-13(12)15/h2-7,9,14H,8,16H2,1H3. The van der Waals surface area contributed by atoms with Crippen LogP contribution in [0.5, 0.6) is 0 Å². The lowest BCUT2D eigenvalue weighted by atomic mass is 9.97. The minimum atomic E-state index is -0.0911. The first-order valence-corrected chi connectivity index (χ1v) is 5.96. The molecule has 0 saturated heterocycles. The van der Waals surface area contributed by atoms with Crippen LogP contribution < -0.4 is 5.73 Å². The fourth-order valence-corrected chi connectivity index (χ4v) is 2.13. The van der Waals surface area contributed by atoms with Crippen LogP contribution >= 0.6 is 11.6 Å². The van der Waals surface area contributed by atoms with Gasteiger partial charge < -0.3 is 5.73 Å². The number of halogens is 1. The van der Waals surface area contributed by atoms with Crippen LogP contribution in [-0.2, 0) is 6.42 Å². The third-order valence-corrected chi connectivity index (χ3v) is 3.22. The topological polar surface area (TPSA) is 38.9 Å². The number of hydrogen-bond donors (Lipinski definition) is 1. The Hall–Kier alpha value is -1.38. The fourth-order valence-electron chi connectivity index (χ4n) is 1.87. The number of hydrogen-bond acceptors (Lipinski definition) is 2. The van der Waals surface area contributed by atoms with Crippen molar-refractivity contribution >= 4 is 11.6 Å². The number of pyridine rings is 1. The van der Waals surface area contributed by atoms with Crippen molar-refractivity contribution in [2.24, 2.45) is 5.73 Å². The maximum Gasteiger partial charge on any atom is 0.0637 e. The van der Waals surface area contributed by atoms with E-state index >= 15 is 0 Å². The van der Waals surface area contributed by atoms with Crippen LogP contribution in [0.1, 0.15) is 22.7 Å². The molecule has 0 radical (unpaired) electrons. The van der Waals surface area contributed by atoms with Gasteiger partial charge in [0.25, 0.3) is 0 Å². The Morgan fingerprint density at radius 1 is 1.29 bits per heavy atom. The minimum Gasteiger partial charge on any atom is -0.324 e. The van der Waals surface area contributed by atoms with Gasteiger partial charge in [0.05, 0.1) is 5.02 Å². The molecule has 3 heteroatoms. The van der Waals surface area contributed by atoms with Crippen molar-refractivity contribution in [3.05, 3.63) is 64.4 Å². The number of aromatic nitrogens is 1. The van der Waals surface area contributed by atoms with E-state index < -0.39 is 0 Å². The second-order valence-corrected chi connectivity index (χ2v) is 4.54. The Morgan fingerprint density at radius 3 is 2.76 bits per heavy atom. The molecule has 17 heavy (non-hydrogen) atoms. The molecule has 0 spiro atoms. The summed E-state index contributed by atoms with van der Waals surface area (Å²) in [6.07, 6.45) is 4.14. The molecule has 0 bridgehead atoms. The highest BCUT2D eigenvalue weighted by Gasteiger charge is 2.11. The minimum absolute atomic E-state index is 0.0911. The molecule has 1 unspecified atom stereocenters. The first kappa shape index (κ1) is 12.1. The lowest BCUT2D eigenvalue weighted by Gasteiger charge is -2.14. The van der Waals surface area contributed by atoms with Crippen LogP contribution in [0.3, 0.4) is 0 Å². The van der Waals surface area contributed by atoms with Crippen LogP contribution in [0, 0.1) is 6.92 Å². The number of rotatable bonds is 3. The van der Waals surface area contributed by atoms with E-state index in [0.29, 0.717) is 5.02 Å². The number of benzene rings is 1. The van der Waals surface area contributed by atoms with E-state index in [1.54, 1.807) is 12.4 Å². The summed E-state index contributed by atoms with van der Waals surface area (Å²) in [4.78, 5) is 3.96. The number of nitrogens with two attached hydrogens (primary N) is 1. The summed E-state index contributed by atoms with van der Waals surface area (Å²) in [5, 5.41) is 0.633. The van der Waals surface area contributed by atoms with Gasteiger partial charge in [0.2, 0.25) is 0 Å². The first-order valence-electron chi connectivity index (χ1n) is 5.58. The molecular formula is C14H15ClN2. The van der Waals surface area contributed by atoms with E-state index in [-0.39, 0.29) is 6.04 Å². The van der Waals surface area contributed by atoms with E-state index in [0.717, 1.165) is 12.0 Å². The molecule has 1 heterocycles. The fraction of sp³-hybridized carbons (Fsp3) is 0.214. The summed E-state index contributed by atoms with van der Waals surface area (Å²) in [6.45, 7) is 2.09. The van der Waals surface area contributed by atoms with Crippen molar-refractivity contribution in [3.8, 4) is 0 Å². The van der Waals surface area contributed by atoms with E-state index in [4.69, 9.17) is 17.3 Å². The lowest BCUT2D eigenvalue weighted by Crippen LogP contribution is -2.14. The van der Waals surface area contributed by atoms with Crippen molar-refractivity contribution in [2.75, 3.05) is 0 Å². The third-order valence-electron chi connectivity index (χ3n) is 2.90. The van der Waals surface area contributed by atoms with Gasteiger partial charge in [-0.05, 0) is 36.1 Å². The molecule has 1 atom stereocenters. The molecule has 0 amide bonds. The van der Waals surface area contributed by atoms with Gasteiger partial charge in [-0.2, -0.15) is 0 Å². The normalized spacial score (nSPS) is 12.4. The van der Waals surface area contributed by atoms with Crippen molar-refractivity contribution in [1.82, 2.24) is 4.98 Å². The van der Waals surface area contributed by atoms with E-state index in [1.165, 1.54) is 11.1 Å². The molecule has 0 fully saturated rings. The van der Waals surface area contributed by atoms with Gasteiger partial charge in [0.15, 0.2) is 0 Å². The van der Waals surface area contributed by atoms with Crippen molar-refractivity contribution < 1.29 is 0 Å². The largest absolute Gasteiger partial charge is 0.324 e. The maximum atomic E-state index is 6.18. The molecule has 0 aliphatic carbocycles. The average Bonchev–Trinajstić information content (AvgIpc) is 2.32. The molecule has 1 aromatic carbocycles. The summed E-state index contributed by atoms with van der Waals surface area (Å²) >= 11 is 6.08. The van der Waals surface area contributed by atoms with Gasteiger partial charge in [-0.1, -0.05) is 35.9 Å². The monoisotopic (exact) mass is 246 g/mol. The Labute approximate surface area is 106 Å². The highest BCUT2D eigenvalue weighted by molar-refractivity contribution is 6.31. The zero-order valence-corrected chi connectivity index (χ0v) is 10.5. The quantitative estimate of drug-likeness (QED) is 0.903. The first-order chi connectivity index (χ1) is 8.18. The summed E-state index contributed by atoms with van der Waals surface area (Å²) in [5.74, 6) is 0. The number of nitrogens with zero attached hydrogens (tertiary/aromatic N) is 1. The zero-order chi connectivity index (χ0) is 12.3. The van der Waals surface area contributed by atoms with Gasteiger partial charge >= 0.3 is 0 Å². The smallest absolute Gasteiger partial charge is 0.0637 e. The summed E-state index contributed by atoms with van der Waals surface area (Å²) in [6, 6.07) is 10.0. The molecule has 0 aliphatic rings. The summed E-state index contributed by atoms with van der Waals surface area (Å²) in [7, 11) is 0. The summed E-state index contributed by atoms with van der Waals surface area (Å²) < 4.78 is 0. The highest BCUT2D eigenvalue weighted by Crippen LogP contribution is 2.23. The van der Waals surface area contributed by atoms with Crippen LogP contribution in [-0.4, -0.2) is 4.98 Å². The Morgan fingerprint density at radius 2 is 2.06 bits per heavy atom. The Kier molecular flexibility index (Phi) is 3.77. The predicted molar refractivity (Wildman–Crippen MR) is 71.1 cm³/mol. The Bertz CT molecular complexity index is 511. The summed E-state index contributed by atoms with van der Waals surface area (Å²) in [5.41, 5.74) is 9.65. The lowest BCUT2D eigenvalue weighted by molar-refractivity contribution is 0.717. The van der Waals surface area contributed by atoms with Gasteiger partial charge in [0.1, 0.15) is 0 Å². The van der Waals surface area contributed by atoms with Crippen LogP contribution in [0.15, 0.2) is 42.7 Å². The van der Waals surface area contributed by atoms with Crippen molar-refractivity contribution in [3.63, 3.8) is 0 Å². The van der Waals surface area contributed by atoms with Crippen molar-refractivity contribution in [1.29, 1.82) is 0 Å². The molecule has 2 nitrogen and oxygen atoms in total. The second kappa shape index (κ2) is 5.30. The Balaban J connectivity index is 2.20. The van der Waals surface area contributed by atoms with Crippen LogP contribution in [0.4, 0.5) is 0 Å². The van der Waals surface area contributed by atoms with Gasteiger partial charge in [0, 0.05) is 18.4 Å². The zero-order valence-electron chi connectivity index (χ0n) is 9.73.